The van der Waals surface area contributed by atoms with Gasteiger partial charge in [-0.2, -0.15) is 0 Å². The lowest BCUT2D eigenvalue weighted by Crippen LogP contribution is -2.20. The summed E-state index contributed by atoms with van der Waals surface area (Å²) in [5.41, 5.74) is 0. The van der Waals surface area contributed by atoms with Gasteiger partial charge < -0.3 is 9.84 Å². The van der Waals surface area contributed by atoms with Gasteiger partial charge in [-0.25, -0.2) is 4.79 Å². The van der Waals surface area contributed by atoms with E-state index in [-0.39, 0.29) is 18.5 Å². The van der Waals surface area contributed by atoms with Gasteiger partial charge in [-0.15, -0.1) is 0 Å². The average molecular weight is 300 g/mol. The van der Waals surface area contributed by atoms with Crippen LogP contribution in [0, 0.1) is 31.6 Å². The van der Waals surface area contributed by atoms with Gasteiger partial charge in [0.25, 0.3) is 0 Å². The van der Waals surface area contributed by atoms with Crippen molar-refractivity contribution in [2.24, 2.45) is 5.92 Å². The summed E-state index contributed by atoms with van der Waals surface area (Å²) in [4.78, 5) is 11.4. The fraction of sp³-hybridized carbons (Fsp3) is 0.316. The van der Waals surface area contributed by atoms with Crippen LogP contribution >= 0.6 is 0 Å². The molecule has 3 nitrogen and oxygen atoms in total. The van der Waals surface area contributed by atoms with E-state index in [1.807, 2.05) is 37.6 Å². The number of ether oxygens (including phenoxy) is 1. The highest BCUT2D eigenvalue weighted by Crippen LogP contribution is 2.17. The van der Waals surface area contributed by atoms with Crippen molar-refractivity contribution in [2.75, 3.05) is 6.61 Å². The van der Waals surface area contributed by atoms with Crippen molar-refractivity contribution in [3.8, 4) is 0 Å². The molecular weight excluding hydrogens is 276 g/mol. The molecule has 4 radical (unpaired) electrons. The largest absolute Gasteiger partial charge is 0.462 e. The van der Waals surface area contributed by atoms with Crippen LogP contribution in [0.1, 0.15) is 19.8 Å². The number of esters is 1. The zero-order chi connectivity index (χ0) is 16.0. The van der Waals surface area contributed by atoms with E-state index in [1.54, 1.807) is 31.1 Å². The van der Waals surface area contributed by atoms with Crippen molar-refractivity contribution in [3.63, 3.8) is 0 Å². The normalized spacial score (nSPS) is 31.3. The molecule has 0 unspecified atom stereocenters. The Morgan fingerprint density at radius 1 is 1.09 bits per heavy atom. The van der Waals surface area contributed by atoms with Crippen molar-refractivity contribution < 1.29 is 14.6 Å². The van der Waals surface area contributed by atoms with Gasteiger partial charge >= 0.3 is 5.97 Å². The monoisotopic (exact) mass is 300 g/mol. The zero-order valence-electron chi connectivity index (χ0n) is 13.0. The van der Waals surface area contributed by atoms with Gasteiger partial charge in [0.2, 0.25) is 0 Å². The first-order valence-electron chi connectivity index (χ1n) is 7.58. The average Bonchev–Trinajstić information content (AvgIpc) is 2.51. The SMILES string of the molecule is CC[C@H]1[CH][CH]C/C=C\C=C/[CH]COC(=O)/C=C\C=C/[CH][C@H]1O. The summed E-state index contributed by atoms with van der Waals surface area (Å²) in [5.74, 6) is -0.296. The molecule has 0 saturated carbocycles. The van der Waals surface area contributed by atoms with Crippen LogP contribution in [0.2, 0.25) is 0 Å². The number of hydrogen-bond acceptors (Lipinski definition) is 3. The van der Waals surface area contributed by atoms with E-state index in [0.29, 0.717) is 0 Å². The summed E-state index contributed by atoms with van der Waals surface area (Å²) >= 11 is 0. The fourth-order valence-corrected chi connectivity index (χ4v) is 1.88. The van der Waals surface area contributed by atoms with Crippen LogP contribution in [0.25, 0.3) is 0 Å². The summed E-state index contributed by atoms with van der Waals surface area (Å²) in [6.45, 7) is 2.30. The molecule has 2 atom stereocenters. The molecule has 1 rings (SSSR count). The number of carbonyl (C=O) groups excluding carboxylic acids is 1. The Morgan fingerprint density at radius 3 is 2.73 bits per heavy atom. The number of aliphatic hydroxyl groups is 1. The number of allylic oxidation sites excluding steroid dienone is 5. The maximum absolute atomic E-state index is 11.4. The molecule has 1 aliphatic heterocycles. The van der Waals surface area contributed by atoms with Gasteiger partial charge in [-0.1, -0.05) is 55.9 Å². The van der Waals surface area contributed by atoms with Crippen molar-refractivity contribution in [1.29, 1.82) is 0 Å². The summed E-state index contributed by atoms with van der Waals surface area (Å²) in [5, 5.41) is 10.1. The first kappa shape index (κ1) is 18.4. The van der Waals surface area contributed by atoms with E-state index in [4.69, 9.17) is 4.74 Å². The molecular formula is C19H24O3. The number of aliphatic hydroxyl groups excluding tert-OH is 1. The molecule has 1 N–H and O–H groups in total. The second-order valence-corrected chi connectivity index (χ2v) is 4.84. The number of rotatable bonds is 1. The molecule has 1 aliphatic rings. The second-order valence-electron chi connectivity index (χ2n) is 4.84. The van der Waals surface area contributed by atoms with E-state index < -0.39 is 6.10 Å². The lowest BCUT2D eigenvalue weighted by molar-refractivity contribution is -0.136. The second kappa shape index (κ2) is 12.0. The summed E-state index contributed by atoms with van der Waals surface area (Å²) in [6, 6.07) is 0. The highest BCUT2D eigenvalue weighted by Gasteiger charge is 2.15. The number of carbonyl (C=O) groups is 1. The predicted molar refractivity (Wildman–Crippen MR) is 89.1 cm³/mol. The minimum absolute atomic E-state index is 0.0924. The molecule has 0 amide bonds. The highest BCUT2D eigenvalue weighted by atomic mass is 16.5. The Bertz CT molecular complexity index is 418. The van der Waals surface area contributed by atoms with Crippen LogP contribution in [0.3, 0.4) is 0 Å². The summed E-state index contributed by atoms with van der Waals surface area (Å²) < 4.78 is 4.98. The first-order valence-corrected chi connectivity index (χ1v) is 7.58. The number of hydrogen-bond donors (Lipinski definition) is 1. The minimum Gasteiger partial charge on any atom is -0.462 e. The molecule has 0 saturated heterocycles. The number of cyclic esters (lactones) is 1. The van der Waals surface area contributed by atoms with Gasteiger partial charge in [0.1, 0.15) is 0 Å². The molecule has 0 aromatic heterocycles. The van der Waals surface area contributed by atoms with Crippen LogP contribution in [0.15, 0.2) is 48.6 Å². The van der Waals surface area contributed by atoms with Gasteiger partial charge in [-0.05, 0) is 25.2 Å². The molecule has 22 heavy (non-hydrogen) atoms. The van der Waals surface area contributed by atoms with E-state index in [0.717, 1.165) is 12.8 Å². The molecule has 0 aromatic carbocycles. The van der Waals surface area contributed by atoms with E-state index >= 15 is 0 Å². The molecule has 118 valence electrons. The van der Waals surface area contributed by atoms with Crippen LogP contribution in [0.5, 0.6) is 0 Å². The minimum atomic E-state index is -0.532. The van der Waals surface area contributed by atoms with Crippen LogP contribution < -0.4 is 0 Å². The Morgan fingerprint density at radius 2 is 1.91 bits per heavy atom. The Labute approximate surface area is 134 Å². The molecule has 0 spiro atoms. The van der Waals surface area contributed by atoms with Crippen molar-refractivity contribution in [3.05, 3.63) is 74.3 Å². The third-order valence-electron chi connectivity index (χ3n) is 3.14. The van der Waals surface area contributed by atoms with E-state index in [2.05, 4.69) is 6.42 Å². The fourth-order valence-electron chi connectivity index (χ4n) is 1.88. The zero-order valence-corrected chi connectivity index (χ0v) is 13.0. The Balaban J connectivity index is 2.59. The predicted octanol–water partition coefficient (Wildman–Crippen LogP) is 3.36. The molecule has 0 fully saturated rings. The lowest BCUT2D eigenvalue weighted by atomic mass is 9.91. The Kier molecular flexibility index (Phi) is 10.0. The quantitative estimate of drug-likeness (QED) is 0.755. The third-order valence-corrected chi connectivity index (χ3v) is 3.14. The summed E-state index contributed by atoms with van der Waals surface area (Å²) in [6.07, 6.45) is 22.9. The molecule has 1 heterocycles. The van der Waals surface area contributed by atoms with Gasteiger partial charge in [0.05, 0.1) is 12.7 Å². The van der Waals surface area contributed by atoms with Crippen LogP contribution in [-0.4, -0.2) is 23.8 Å². The van der Waals surface area contributed by atoms with Crippen molar-refractivity contribution >= 4 is 5.97 Å². The van der Waals surface area contributed by atoms with Gasteiger partial charge in [0, 0.05) is 18.9 Å². The van der Waals surface area contributed by atoms with Crippen molar-refractivity contribution in [2.45, 2.75) is 25.9 Å². The molecule has 3 heteroatoms. The van der Waals surface area contributed by atoms with E-state index in [1.165, 1.54) is 6.08 Å². The standard InChI is InChI=1S/C19H24O3/c1-2-17-13-9-6-4-3-5-7-12-16-22-19(21)15-11-8-10-14-18(17)20/h3-5,7-15,17-18,20H,2,6,16H2,1H3/b4-3-,7-5-,10-8-,15-11-/t17-,18+/m0/s1. The molecule has 0 bridgehead atoms. The van der Waals surface area contributed by atoms with Crippen LogP contribution in [-0.2, 0) is 9.53 Å². The third kappa shape index (κ3) is 8.63. The Hall–Kier alpha value is -1.61. The molecule has 0 aliphatic carbocycles. The molecule has 0 aromatic rings. The highest BCUT2D eigenvalue weighted by molar-refractivity contribution is 5.82. The topological polar surface area (TPSA) is 46.5 Å². The lowest BCUT2D eigenvalue weighted by Gasteiger charge is -2.19. The first-order chi connectivity index (χ1) is 10.7. The maximum Gasteiger partial charge on any atom is 0.330 e. The maximum atomic E-state index is 11.4. The van der Waals surface area contributed by atoms with Gasteiger partial charge in [0.15, 0.2) is 0 Å². The van der Waals surface area contributed by atoms with E-state index in [9.17, 15) is 9.90 Å². The summed E-state index contributed by atoms with van der Waals surface area (Å²) in [7, 11) is 0. The smallest absolute Gasteiger partial charge is 0.330 e. The van der Waals surface area contributed by atoms with Gasteiger partial charge in [-0.3, -0.25) is 0 Å². The van der Waals surface area contributed by atoms with Crippen molar-refractivity contribution in [1.82, 2.24) is 0 Å². The van der Waals surface area contributed by atoms with Crippen LogP contribution in [0.4, 0.5) is 0 Å².